The van der Waals surface area contributed by atoms with Crippen LogP contribution < -0.4 is 0 Å². The lowest BCUT2D eigenvalue weighted by Crippen LogP contribution is -2.01. The van der Waals surface area contributed by atoms with E-state index in [9.17, 15) is 5.11 Å². The highest BCUT2D eigenvalue weighted by molar-refractivity contribution is 6.30. The van der Waals surface area contributed by atoms with Crippen LogP contribution >= 0.6 is 11.6 Å². The first-order valence-corrected chi connectivity index (χ1v) is 5.51. The maximum atomic E-state index is 9.99. The molecule has 0 spiro atoms. The van der Waals surface area contributed by atoms with E-state index in [0.29, 0.717) is 17.2 Å². The zero-order valence-electron chi connectivity index (χ0n) is 8.98. The van der Waals surface area contributed by atoms with Crippen molar-refractivity contribution in [1.29, 1.82) is 0 Å². The predicted molar refractivity (Wildman–Crippen MR) is 63.6 cm³/mol. The van der Waals surface area contributed by atoms with Gasteiger partial charge in [-0.3, -0.25) is 0 Å². The summed E-state index contributed by atoms with van der Waals surface area (Å²) in [5.74, 6) is 0.634. The van der Waals surface area contributed by atoms with Gasteiger partial charge in [0.2, 0.25) is 0 Å². The van der Waals surface area contributed by atoms with Gasteiger partial charge in [0, 0.05) is 11.4 Å². The molecule has 2 aromatic rings. The molecule has 0 saturated heterocycles. The van der Waals surface area contributed by atoms with Gasteiger partial charge in [-0.1, -0.05) is 23.7 Å². The Balaban J connectivity index is 2.10. The minimum Gasteiger partial charge on any atom is -0.466 e. The van der Waals surface area contributed by atoms with E-state index in [4.69, 9.17) is 16.0 Å². The summed E-state index contributed by atoms with van der Waals surface area (Å²) in [5, 5.41) is 10.7. The van der Waals surface area contributed by atoms with Gasteiger partial charge in [-0.25, -0.2) is 0 Å². The molecule has 1 heterocycles. The number of aryl methyl sites for hydroxylation is 1. The molecule has 1 aromatic carbocycles. The van der Waals surface area contributed by atoms with Crippen LogP contribution in [-0.4, -0.2) is 5.11 Å². The van der Waals surface area contributed by atoms with Crippen LogP contribution in [0.2, 0.25) is 5.02 Å². The molecule has 84 valence electrons. The van der Waals surface area contributed by atoms with Crippen LogP contribution in [0.4, 0.5) is 0 Å². The lowest BCUT2D eigenvalue weighted by Gasteiger charge is -2.09. The topological polar surface area (TPSA) is 33.4 Å². The lowest BCUT2D eigenvalue weighted by molar-refractivity contribution is 0.149. The predicted octanol–water partition coefficient (Wildman–Crippen LogP) is 3.52. The van der Waals surface area contributed by atoms with Gasteiger partial charge >= 0.3 is 0 Å². The molecule has 0 bridgehead atoms. The molecule has 0 amide bonds. The van der Waals surface area contributed by atoms with Crippen LogP contribution in [0.5, 0.6) is 0 Å². The number of aliphatic hydroxyl groups excluding tert-OH is 1. The number of furan rings is 1. The Labute approximate surface area is 99.5 Å². The molecule has 3 heteroatoms. The molecule has 1 N–H and O–H groups in total. The van der Waals surface area contributed by atoms with Gasteiger partial charge in [-0.2, -0.15) is 0 Å². The maximum absolute atomic E-state index is 9.99. The Morgan fingerprint density at radius 1 is 1.25 bits per heavy atom. The number of halogens is 1. The van der Waals surface area contributed by atoms with Crippen molar-refractivity contribution in [2.24, 2.45) is 0 Å². The third-order valence-electron chi connectivity index (χ3n) is 2.55. The zero-order chi connectivity index (χ0) is 11.5. The van der Waals surface area contributed by atoms with E-state index in [1.54, 1.807) is 6.26 Å². The highest BCUT2D eigenvalue weighted by Crippen LogP contribution is 2.22. The zero-order valence-corrected chi connectivity index (χ0v) is 9.74. The van der Waals surface area contributed by atoms with Crippen molar-refractivity contribution < 1.29 is 9.52 Å². The second kappa shape index (κ2) is 4.73. The third kappa shape index (κ3) is 2.46. The first-order valence-electron chi connectivity index (χ1n) is 5.13. The standard InChI is InChI=1S/C13H13ClO2/c1-9-6-7-16-13(9)12(15)8-10-2-4-11(14)5-3-10/h2-7,12,15H,8H2,1H3. The third-order valence-corrected chi connectivity index (χ3v) is 2.80. The maximum Gasteiger partial charge on any atom is 0.135 e. The van der Waals surface area contributed by atoms with Crippen LogP contribution in [0.15, 0.2) is 41.0 Å². The molecule has 0 fully saturated rings. The van der Waals surface area contributed by atoms with Crippen molar-refractivity contribution >= 4 is 11.6 Å². The summed E-state index contributed by atoms with van der Waals surface area (Å²) in [4.78, 5) is 0. The molecule has 1 atom stereocenters. The van der Waals surface area contributed by atoms with E-state index in [1.165, 1.54) is 0 Å². The second-order valence-electron chi connectivity index (χ2n) is 3.81. The molecule has 0 aliphatic heterocycles. The van der Waals surface area contributed by atoms with Gasteiger partial charge in [0.25, 0.3) is 0 Å². The highest BCUT2D eigenvalue weighted by atomic mass is 35.5. The molecule has 2 rings (SSSR count). The van der Waals surface area contributed by atoms with Crippen molar-refractivity contribution in [3.63, 3.8) is 0 Å². The van der Waals surface area contributed by atoms with Gasteiger partial charge in [0.15, 0.2) is 0 Å². The molecule has 1 aromatic heterocycles. The fourth-order valence-corrected chi connectivity index (χ4v) is 1.79. The molecule has 1 unspecified atom stereocenters. The summed E-state index contributed by atoms with van der Waals surface area (Å²) in [6, 6.07) is 9.30. The fraction of sp³-hybridized carbons (Fsp3) is 0.231. The second-order valence-corrected chi connectivity index (χ2v) is 4.25. The van der Waals surface area contributed by atoms with Gasteiger partial charge in [0.05, 0.1) is 6.26 Å². The molecular weight excluding hydrogens is 224 g/mol. The average molecular weight is 237 g/mol. The lowest BCUT2D eigenvalue weighted by atomic mass is 10.0. The van der Waals surface area contributed by atoms with Crippen molar-refractivity contribution in [2.75, 3.05) is 0 Å². The van der Waals surface area contributed by atoms with E-state index >= 15 is 0 Å². The number of hydrogen-bond donors (Lipinski definition) is 1. The molecule has 16 heavy (non-hydrogen) atoms. The summed E-state index contributed by atoms with van der Waals surface area (Å²) < 4.78 is 5.25. The molecule has 0 radical (unpaired) electrons. The molecule has 0 aliphatic rings. The monoisotopic (exact) mass is 236 g/mol. The van der Waals surface area contributed by atoms with Gasteiger partial charge in [0.1, 0.15) is 11.9 Å². The highest BCUT2D eigenvalue weighted by Gasteiger charge is 2.14. The van der Waals surface area contributed by atoms with Crippen molar-refractivity contribution in [1.82, 2.24) is 0 Å². The number of aliphatic hydroxyl groups is 1. The molecule has 2 nitrogen and oxygen atoms in total. The Morgan fingerprint density at radius 2 is 1.94 bits per heavy atom. The van der Waals surface area contributed by atoms with E-state index in [1.807, 2.05) is 37.3 Å². The van der Waals surface area contributed by atoms with Gasteiger partial charge in [-0.05, 0) is 36.2 Å². The first kappa shape index (κ1) is 11.2. The summed E-state index contributed by atoms with van der Waals surface area (Å²) in [5.41, 5.74) is 2.01. The van der Waals surface area contributed by atoms with Crippen LogP contribution in [-0.2, 0) is 6.42 Å². The summed E-state index contributed by atoms with van der Waals surface area (Å²) in [6.07, 6.45) is 1.53. The Morgan fingerprint density at radius 3 is 2.50 bits per heavy atom. The Kier molecular flexibility index (Phi) is 3.32. The van der Waals surface area contributed by atoms with E-state index in [2.05, 4.69) is 0 Å². The van der Waals surface area contributed by atoms with E-state index in [0.717, 1.165) is 11.1 Å². The molecule has 0 saturated carbocycles. The molecule has 0 aliphatic carbocycles. The van der Waals surface area contributed by atoms with E-state index < -0.39 is 6.10 Å². The van der Waals surface area contributed by atoms with Crippen LogP contribution in [0, 0.1) is 6.92 Å². The average Bonchev–Trinajstić information content (AvgIpc) is 2.68. The number of rotatable bonds is 3. The van der Waals surface area contributed by atoms with Crippen molar-refractivity contribution in [3.05, 3.63) is 58.5 Å². The largest absolute Gasteiger partial charge is 0.466 e. The van der Waals surface area contributed by atoms with E-state index in [-0.39, 0.29) is 0 Å². The summed E-state index contributed by atoms with van der Waals surface area (Å²) in [6.45, 7) is 1.92. The Bertz CT molecular complexity index is 459. The van der Waals surface area contributed by atoms with Crippen LogP contribution in [0.25, 0.3) is 0 Å². The number of benzene rings is 1. The smallest absolute Gasteiger partial charge is 0.135 e. The minimum atomic E-state index is -0.601. The molecular formula is C13H13ClO2. The normalized spacial score (nSPS) is 12.7. The number of hydrogen-bond acceptors (Lipinski definition) is 2. The SMILES string of the molecule is Cc1ccoc1C(O)Cc1ccc(Cl)cc1. The van der Waals surface area contributed by atoms with Crippen molar-refractivity contribution in [3.8, 4) is 0 Å². The van der Waals surface area contributed by atoms with Crippen molar-refractivity contribution in [2.45, 2.75) is 19.4 Å². The van der Waals surface area contributed by atoms with Crippen LogP contribution in [0.1, 0.15) is 23.0 Å². The van der Waals surface area contributed by atoms with Crippen LogP contribution in [0.3, 0.4) is 0 Å². The minimum absolute atomic E-state index is 0.533. The Hall–Kier alpha value is -1.25. The summed E-state index contributed by atoms with van der Waals surface area (Å²) >= 11 is 5.79. The first-order chi connectivity index (χ1) is 7.66. The quantitative estimate of drug-likeness (QED) is 0.885. The fourth-order valence-electron chi connectivity index (χ4n) is 1.66. The summed E-state index contributed by atoms with van der Waals surface area (Å²) in [7, 11) is 0. The van der Waals surface area contributed by atoms with Gasteiger partial charge < -0.3 is 9.52 Å². The van der Waals surface area contributed by atoms with Gasteiger partial charge in [-0.15, -0.1) is 0 Å².